The quantitative estimate of drug-likeness (QED) is 0.906. The molecule has 1 aliphatic heterocycles. The van der Waals surface area contributed by atoms with Gasteiger partial charge in [0.1, 0.15) is 0 Å². The number of hydrogen-bond donors (Lipinski definition) is 1. The normalized spacial score (nSPS) is 17.7. The van der Waals surface area contributed by atoms with Gasteiger partial charge in [0, 0.05) is 10.2 Å². The number of benzene rings is 1. The van der Waals surface area contributed by atoms with Gasteiger partial charge in [-0.2, -0.15) is 0 Å². The summed E-state index contributed by atoms with van der Waals surface area (Å²) in [6.45, 7) is 4.91. The van der Waals surface area contributed by atoms with E-state index in [9.17, 15) is 4.79 Å². The van der Waals surface area contributed by atoms with Crippen molar-refractivity contribution in [3.05, 3.63) is 28.2 Å². The van der Waals surface area contributed by atoms with Gasteiger partial charge in [0.05, 0.1) is 18.6 Å². The minimum Gasteiger partial charge on any atom is -0.379 e. The topological polar surface area (TPSA) is 38.3 Å². The summed E-state index contributed by atoms with van der Waals surface area (Å²) in [5.41, 5.74) is 1.55. The highest BCUT2D eigenvalue weighted by Crippen LogP contribution is 2.29. The van der Waals surface area contributed by atoms with Gasteiger partial charge in [0.25, 0.3) is 0 Å². The van der Waals surface area contributed by atoms with Crippen molar-refractivity contribution in [2.45, 2.75) is 13.8 Å². The number of hydrogen-bond acceptors (Lipinski definition) is 2. The molecule has 1 heterocycles. The molecule has 0 unspecified atom stereocenters. The Balaban J connectivity index is 2.12. The molecule has 2 rings (SSSR count). The van der Waals surface area contributed by atoms with Crippen LogP contribution in [0.15, 0.2) is 22.7 Å². The lowest BCUT2D eigenvalue weighted by Crippen LogP contribution is -2.49. The largest absolute Gasteiger partial charge is 0.379 e. The van der Waals surface area contributed by atoms with Gasteiger partial charge < -0.3 is 10.1 Å². The van der Waals surface area contributed by atoms with E-state index >= 15 is 0 Å². The second-order valence-corrected chi connectivity index (χ2v) is 5.38. The summed E-state index contributed by atoms with van der Waals surface area (Å²) < 4.78 is 6.09. The number of nitrogens with one attached hydrogen (secondary N) is 1. The molecule has 1 aromatic carbocycles. The zero-order chi connectivity index (χ0) is 11.8. The third-order valence-corrected chi connectivity index (χ3v) is 3.32. The molecule has 1 aliphatic rings. The number of carbonyl (C=O) groups is 1. The molecule has 0 saturated carbocycles. The van der Waals surface area contributed by atoms with Crippen molar-refractivity contribution in [1.29, 1.82) is 0 Å². The lowest BCUT2D eigenvalue weighted by Gasteiger charge is -2.36. The first-order valence-electron chi connectivity index (χ1n) is 5.17. The minimum atomic E-state index is -0.362. The fourth-order valence-electron chi connectivity index (χ4n) is 1.58. The second kappa shape index (κ2) is 4.18. The van der Waals surface area contributed by atoms with E-state index in [0.29, 0.717) is 13.2 Å². The zero-order valence-electron chi connectivity index (χ0n) is 9.34. The lowest BCUT2D eigenvalue weighted by atomic mass is 9.87. The summed E-state index contributed by atoms with van der Waals surface area (Å²) in [4.78, 5) is 12.0. The summed E-state index contributed by atoms with van der Waals surface area (Å²) in [6.07, 6.45) is 0. The second-order valence-electron chi connectivity index (χ2n) is 4.47. The number of amides is 1. The van der Waals surface area contributed by atoms with Gasteiger partial charge in [0.15, 0.2) is 0 Å². The molecule has 0 radical (unpaired) electrons. The van der Waals surface area contributed by atoms with E-state index in [0.717, 1.165) is 15.7 Å². The molecule has 0 atom stereocenters. The molecular formula is C12H14BrNO2. The highest BCUT2D eigenvalue weighted by molar-refractivity contribution is 9.10. The van der Waals surface area contributed by atoms with Crippen LogP contribution in [-0.2, 0) is 9.53 Å². The lowest BCUT2D eigenvalue weighted by molar-refractivity contribution is -0.151. The van der Waals surface area contributed by atoms with Crippen LogP contribution in [0.1, 0.15) is 12.5 Å². The molecule has 0 aromatic heterocycles. The molecular weight excluding hydrogens is 270 g/mol. The molecule has 0 bridgehead atoms. The molecule has 16 heavy (non-hydrogen) atoms. The maximum Gasteiger partial charge on any atom is 0.235 e. The molecule has 1 amide bonds. The van der Waals surface area contributed by atoms with Crippen LogP contribution in [0.25, 0.3) is 0 Å². The van der Waals surface area contributed by atoms with Crippen molar-refractivity contribution >= 4 is 27.5 Å². The van der Waals surface area contributed by atoms with Crippen molar-refractivity contribution in [3.8, 4) is 0 Å². The number of carbonyl (C=O) groups excluding carboxylic acids is 1. The number of ether oxygens (including phenoxy) is 1. The fourth-order valence-corrected chi connectivity index (χ4v) is 2.06. The van der Waals surface area contributed by atoms with Crippen LogP contribution < -0.4 is 5.32 Å². The van der Waals surface area contributed by atoms with Gasteiger partial charge >= 0.3 is 0 Å². The summed E-state index contributed by atoms with van der Waals surface area (Å²) in [5, 5.41) is 2.94. The Morgan fingerprint density at radius 1 is 1.50 bits per heavy atom. The van der Waals surface area contributed by atoms with Crippen LogP contribution >= 0.6 is 15.9 Å². The average molecular weight is 284 g/mol. The Kier molecular flexibility index (Phi) is 3.04. The van der Waals surface area contributed by atoms with E-state index in [4.69, 9.17) is 4.74 Å². The SMILES string of the molecule is Cc1cc(Br)ccc1NC(=O)C1(C)COC1. The summed E-state index contributed by atoms with van der Waals surface area (Å²) in [5.74, 6) is 0.0316. The van der Waals surface area contributed by atoms with Crippen LogP contribution in [0.5, 0.6) is 0 Å². The Labute approximate surface area is 103 Å². The zero-order valence-corrected chi connectivity index (χ0v) is 10.9. The van der Waals surface area contributed by atoms with Crippen LogP contribution in [0.3, 0.4) is 0 Å². The molecule has 1 fully saturated rings. The Morgan fingerprint density at radius 2 is 2.19 bits per heavy atom. The van der Waals surface area contributed by atoms with Crippen LogP contribution in [0, 0.1) is 12.3 Å². The van der Waals surface area contributed by atoms with Crippen LogP contribution in [-0.4, -0.2) is 19.1 Å². The Bertz CT molecular complexity index is 427. The van der Waals surface area contributed by atoms with Crippen LogP contribution in [0.2, 0.25) is 0 Å². The van der Waals surface area contributed by atoms with Gasteiger partial charge in [-0.1, -0.05) is 15.9 Å². The molecule has 86 valence electrons. The van der Waals surface area contributed by atoms with Crippen molar-refractivity contribution in [3.63, 3.8) is 0 Å². The first-order valence-corrected chi connectivity index (χ1v) is 5.96. The van der Waals surface area contributed by atoms with Crippen molar-refractivity contribution in [2.75, 3.05) is 18.5 Å². The van der Waals surface area contributed by atoms with E-state index in [1.807, 2.05) is 32.0 Å². The van der Waals surface area contributed by atoms with Gasteiger partial charge in [-0.15, -0.1) is 0 Å². The maximum absolute atomic E-state index is 12.0. The van der Waals surface area contributed by atoms with Crippen LogP contribution in [0.4, 0.5) is 5.69 Å². The molecule has 0 spiro atoms. The average Bonchev–Trinajstić information content (AvgIpc) is 2.18. The highest BCUT2D eigenvalue weighted by Gasteiger charge is 2.41. The van der Waals surface area contributed by atoms with E-state index in [-0.39, 0.29) is 11.3 Å². The Morgan fingerprint density at radius 3 is 2.69 bits per heavy atom. The summed E-state index contributed by atoms with van der Waals surface area (Å²) >= 11 is 3.39. The number of aryl methyl sites for hydroxylation is 1. The van der Waals surface area contributed by atoms with Gasteiger partial charge in [-0.05, 0) is 37.6 Å². The van der Waals surface area contributed by atoms with Crippen molar-refractivity contribution < 1.29 is 9.53 Å². The van der Waals surface area contributed by atoms with E-state index in [2.05, 4.69) is 21.2 Å². The van der Waals surface area contributed by atoms with Gasteiger partial charge in [-0.25, -0.2) is 0 Å². The molecule has 1 N–H and O–H groups in total. The standard InChI is InChI=1S/C12H14BrNO2/c1-8-5-9(13)3-4-10(8)14-11(15)12(2)6-16-7-12/h3-5H,6-7H2,1-2H3,(H,14,15). The van der Waals surface area contributed by atoms with E-state index in [1.165, 1.54) is 0 Å². The van der Waals surface area contributed by atoms with E-state index in [1.54, 1.807) is 0 Å². The Hall–Kier alpha value is -0.870. The third-order valence-electron chi connectivity index (χ3n) is 2.83. The first-order chi connectivity index (χ1) is 7.51. The van der Waals surface area contributed by atoms with Gasteiger partial charge in [-0.3, -0.25) is 4.79 Å². The monoisotopic (exact) mass is 283 g/mol. The number of halogens is 1. The van der Waals surface area contributed by atoms with Crippen molar-refractivity contribution in [2.24, 2.45) is 5.41 Å². The molecule has 1 aromatic rings. The third kappa shape index (κ3) is 2.13. The maximum atomic E-state index is 12.0. The number of anilines is 1. The predicted octanol–water partition coefficient (Wildman–Crippen LogP) is 2.73. The first kappa shape index (κ1) is 11.6. The number of rotatable bonds is 2. The molecule has 1 saturated heterocycles. The molecule has 4 heteroatoms. The summed E-state index contributed by atoms with van der Waals surface area (Å²) in [6, 6.07) is 5.80. The van der Waals surface area contributed by atoms with Gasteiger partial charge in [0.2, 0.25) is 5.91 Å². The smallest absolute Gasteiger partial charge is 0.235 e. The minimum absolute atomic E-state index is 0.0316. The molecule has 3 nitrogen and oxygen atoms in total. The fraction of sp³-hybridized carbons (Fsp3) is 0.417. The van der Waals surface area contributed by atoms with Crippen molar-refractivity contribution in [1.82, 2.24) is 0 Å². The highest BCUT2D eigenvalue weighted by atomic mass is 79.9. The molecule has 0 aliphatic carbocycles. The van der Waals surface area contributed by atoms with E-state index < -0.39 is 0 Å². The summed E-state index contributed by atoms with van der Waals surface area (Å²) in [7, 11) is 0. The predicted molar refractivity (Wildman–Crippen MR) is 66.4 cm³/mol.